The molecule has 11 heteroatoms. The van der Waals surface area contributed by atoms with Crippen molar-refractivity contribution >= 4 is 28.8 Å². The second-order valence-electron chi connectivity index (χ2n) is 8.54. The number of aliphatic carboxylic acids is 1. The zero-order chi connectivity index (χ0) is 27.3. The predicted molar refractivity (Wildman–Crippen MR) is 138 cm³/mol. The Balaban J connectivity index is 0.000000426. The Morgan fingerprint density at radius 3 is 2.34 bits per heavy atom. The number of carboxylic acid groups (broad SMARTS) is 1. The van der Waals surface area contributed by atoms with Gasteiger partial charge < -0.3 is 5.11 Å². The van der Waals surface area contributed by atoms with E-state index in [-0.39, 0.29) is 5.92 Å². The number of nitriles is 1. The SMILES string of the molecule is CSc1ncc2cc(-c3ccccc3)c(-c3ccc(CN4CC(C#N)C4)cc3)nc2n1.O=C(O)C(F)(F)F. The van der Waals surface area contributed by atoms with E-state index in [2.05, 4.69) is 63.4 Å². The molecule has 0 atom stereocenters. The molecule has 38 heavy (non-hydrogen) atoms. The van der Waals surface area contributed by atoms with Crippen molar-refractivity contribution in [3.05, 3.63) is 72.4 Å². The summed E-state index contributed by atoms with van der Waals surface area (Å²) >= 11 is 1.52. The van der Waals surface area contributed by atoms with Gasteiger partial charge >= 0.3 is 12.1 Å². The average molecular weight is 538 g/mol. The molecule has 7 nitrogen and oxygen atoms in total. The summed E-state index contributed by atoms with van der Waals surface area (Å²) in [5.74, 6) is -2.57. The van der Waals surface area contributed by atoms with Crippen molar-refractivity contribution in [1.82, 2.24) is 19.9 Å². The minimum atomic E-state index is -5.08. The molecule has 194 valence electrons. The van der Waals surface area contributed by atoms with Crippen molar-refractivity contribution in [2.24, 2.45) is 5.92 Å². The summed E-state index contributed by atoms with van der Waals surface area (Å²) in [4.78, 5) is 25.2. The van der Waals surface area contributed by atoms with Crippen LogP contribution in [0.4, 0.5) is 13.2 Å². The van der Waals surface area contributed by atoms with Gasteiger partial charge in [-0.2, -0.15) is 18.4 Å². The first-order valence-electron chi connectivity index (χ1n) is 11.5. The summed E-state index contributed by atoms with van der Waals surface area (Å²) in [6.45, 7) is 2.60. The van der Waals surface area contributed by atoms with Gasteiger partial charge in [0, 0.05) is 42.3 Å². The maximum atomic E-state index is 10.6. The summed E-state index contributed by atoms with van der Waals surface area (Å²) in [6.07, 6.45) is -1.27. The van der Waals surface area contributed by atoms with Crippen LogP contribution in [0.2, 0.25) is 0 Å². The van der Waals surface area contributed by atoms with Crippen LogP contribution in [0.3, 0.4) is 0 Å². The van der Waals surface area contributed by atoms with Crippen molar-refractivity contribution in [1.29, 1.82) is 5.26 Å². The second-order valence-corrected chi connectivity index (χ2v) is 9.31. The Bertz CT molecular complexity index is 1470. The fraction of sp³-hybridized carbons (Fsp3) is 0.222. The smallest absolute Gasteiger partial charge is 0.475 e. The number of hydrogen-bond acceptors (Lipinski definition) is 7. The van der Waals surface area contributed by atoms with Crippen LogP contribution in [0.15, 0.2) is 72.0 Å². The van der Waals surface area contributed by atoms with Crippen LogP contribution in [0.25, 0.3) is 33.4 Å². The molecule has 0 amide bonds. The third kappa shape index (κ3) is 6.45. The van der Waals surface area contributed by atoms with Gasteiger partial charge in [0.05, 0.1) is 17.7 Å². The zero-order valence-corrected chi connectivity index (χ0v) is 21.0. The van der Waals surface area contributed by atoms with Gasteiger partial charge in [-0.15, -0.1) is 0 Å². The molecule has 5 rings (SSSR count). The van der Waals surface area contributed by atoms with Crippen LogP contribution in [-0.4, -0.2) is 56.4 Å². The van der Waals surface area contributed by atoms with Gasteiger partial charge in [0.1, 0.15) is 0 Å². The van der Waals surface area contributed by atoms with Gasteiger partial charge in [-0.05, 0) is 23.4 Å². The molecule has 1 N–H and O–H groups in total. The summed E-state index contributed by atoms with van der Waals surface area (Å²) in [6, 6.07) is 23.4. The highest BCUT2D eigenvalue weighted by Crippen LogP contribution is 2.33. The number of benzene rings is 2. The highest BCUT2D eigenvalue weighted by atomic mass is 32.2. The van der Waals surface area contributed by atoms with Gasteiger partial charge in [-0.25, -0.2) is 19.7 Å². The van der Waals surface area contributed by atoms with Crippen LogP contribution in [0.1, 0.15) is 5.56 Å². The number of alkyl halides is 3. The molecule has 1 saturated heterocycles. The number of carboxylic acids is 1. The summed E-state index contributed by atoms with van der Waals surface area (Å²) in [5.41, 5.74) is 6.13. The Hall–Kier alpha value is -4.01. The Morgan fingerprint density at radius 2 is 1.76 bits per heavy atom. The van der Waals surface area contributed by atoms with Crippen molar-refractivity contribution in [2.75, 3.05) is 19.3 Å². The molecule has 3 heterocycles. The monoisotopic (exact) mass is 537 g/mol. The van der Waals surface area contributed by atoms with Gasteiger partial charge in [0.2, 0.25) is 0 Å². The van der Waals surface area contributed by atoms with Gasteiger partial charge in [-0.1, -0.05) is 66.4 Å². The van der Waals surface area contributed by atoms with Crippen molar-refractivity contribution in [3.63, 3.8) is 0 Å². The second kappa shape index (κ2) is 11.6. The number of nitrogens with zero attached hydrogens (tertiary/aromatic N) is 5. The first kappa shape index (κ1) is 27.0. The predicted octanol–water partition coefficient (Wildman–Crippen LogP) is 5.67. The third-order valence-corrected chi connectivity index (χ3v) is 6.39. The zero-order valence-electron chi connectivity index (χ0n) is 20.2. The molecule has 1 aliphatic heterocycles. The Morgan fingerprint density at radius 1 is 1.11 bits per heavy atom. The lowest BCUT2D eigenvalue weighted by Gasteiger charge is -2.35. The lowest BCUT2D eigenvalue weighted by molar-refractivity contribution is -0.192. The number of halogens is 3. The number of hydrogen-bond donors (Lipinski definition) is 1. The number of thioether (sulfide) groups is 1. The van der Waals surface area contributed by atoms with E-state index < -0.39 is 12.1 Å². The Kier molecular flexibility index (Phi) is 8.24. The van der Waals surface area contributed by atoms with Crippen LogP contribution in [0, 0.1) is 17.2 Å². The number of aromatic nitrogens is 3. The van der Waals surface area contributed by atoms with Gasteiger partial charge in [-0.3, -0.25) is 4.90 Å². The van der Waals surface area contributed by atoms with E-state index in [0.29, 0.717) is 5.65 Å². The van der Waals surface area contributed by atoms with Crippen LogP contribution in [0.5, 0.6) is 0 Å². The van der Waals surface area contributed by atoms with Crippen molar-refractivity contribution in [3.8, 4) is 28.5 Å². The molecular weight excluding hydrogens is 515 g/mol. The highest BCUT2D eigenvalue weighted by molar-refractivity contribution is 7.98. The van der Waals surface area contributed by atoms with E-state index in [0.717, 1.165) is 52.6 Å². The largest absolute Gasteiger partial charge is 0.490 e. The number of pyridine rings is 1. The van der Waals surface area contributed by atoms with Crippen molar-refractivity contribution < 1.29 is 23.1 Å². The number of carbonyl (C=O) groups is 1. The molecule has 0 bridgehead atoms. The first-order valence-corrected chi connectivity index (χ1v) is 12.7. The molecule has 1 fully saturated rings. The minimum Gasteiger partial charge on any atom is -0.475 e. The number of rotatable bonds is 5. The molecule has 2 aromatic heterocycles. The van der Waals surface area contributed by atoms with E-state index in [1.54, 1.807) is 0 Å². The topological polar surface area (TPSA) is 103 Å². The van der Waals surface area contributed by atoms with Crippen LogP contribution < -0.4 is 0 Å². The quantitative estimate of drug-likeness (QED) is 0.257. The van der Waals surface area contributed by atoms with E-state index in [1.807, 2.05) is 30.7 Å². The van der Waals surface area contributed by atoms with Gasteiger partial charge in [0.25, 0.3) is 0 Å². The molecular formula is C27H22F3N5O2S. The van der Waals surface area contributed by atoms with E-state index in [1.165, 1.54) is 17.3 Å². The van der Waals surface area contributed by atoms with Crippen molar-refractivity contribution in [2.45, 2.75) is 17.9 Å². The van der Waals surface area contributed by atoms with E-state index >= 15 is 0 Å². The molecule has 0 spiro atoms. The lowest BCUT2D eigenvalue weighted by Crippen LogP contribution is -2.45. The number of likely N-dealkylation sites (tertiary alicyclic amines) is 1. The fourth-order valence-electron chi connectivity index (χ4n) is 3.91. The molecule has 0 radical (unpaired) electrons. The third-order valence-electron chi connectivity index (χ3n) is 5.83. The van der Waals surface area contributed by atoms with Gasteiger partial charge in [0.15, 0.2) is 10.8 Å². The van der Waals surface area contributed by atoms with Crippen LogP contribution >= 0.6 is 11.8 Å². The standard InChI is InChI=1S/C25H21N5S.C2HF3O2/c1-31-25-27-13-21-11-22(19-5-3-2-4-6-19)23(28-24(21)29-25)20-9-7-17(8-10-20)14-30-15-18(12-26)16-30;3-2(4,5)1(6)7/h2-11,13,18H,14-16H2,1H3;(H,6,7). The highest BCUT2D eigenvalue weighted by Gasteiger charge is 2.38. The van der Waals surface area contributed by atoms with Crippen LogP contribution in [-0.2, 0) is 11.3 Å². The summed E-state index contributed by atoms with van der Waals surface area (Å²) < 4.78 is 31.7. The summed E-state index contributed by atoms with van der Waals surface area (Å²) in [7, 11) is 0. The maximum Gasteiger partial charge on any atom is 0.490 e. The Labute approximate surface area is 221 Å². The minimum absolute atomic E-state index is 0.183. The molecule has 0 unspecified atom stereocenters. The van der Waals surface area contributed by atoms with E-state index in [4.69, 9.17) is 20.1 Å². The molecule has 1 aliphatic rings. The molecule has 0 saturated carbocycles. The molecule has 4 aromatic rings. The molecule has 2 aromatic carbocycles. The number of fused-ring (bicyclic) bond motifs is 1. The molecule has 0 aliphatic carbocycles. The average Bonchev–Trinajstić information content (AvgIpc) is 2.90. The fourth-order valence-corrected chi connectivity index (χ4v) is 4.25. The maximum absolute atomic E-state index is 10.6. The van der Waals surface area contributed by atoms with E-state index in [9.17, 15) is 13.2 Å². The lowest BCUT2D eigenvalue weighted by atomic mass is 9.97. The normalized spacial score (nSPS) is 13.8. The summed E-state index contributed by atoms with van der Waals surface area (Å²) in [5, 5.41) is 17.7. The first-order chi connectivity index (χ1) is 18.2.